The molecule has 0 saturated heterocycles. The van der Waals surface area contributed by atoms with Crippen molar-refractivity contribution in [1.29, 1.82) is 0 Å². The van der Waals surface area contributed by atoms with Crippen molar-refractivity contribution in [2.45, 2.75) is 39.2 Å². The Balaban J connectivity index is 2.17. The zero-order valence-electron chi connectivity index (χ0n) is 12.2. The highest BCUT2D eigenvalue weighted by atomic mass is 127. The first-order valence-electron chi connectivity index (χ1n) is 7.28. The first-order chi connectivity index (χ1) is 9.74. The molecule has 0 aliphatic rings. The van der Waals surface area contributed by atoms with Gasteiger partial charge in [0, 0.05) is 21.6 Å². The molecule has 20 heavy (non-hydrogen) atoms. The van der Waals surface area contributed by atoms with E-state index in [4.69, 9.17) is 4.42 Å². The molecule has 1 N–H and O–H groups in total. The van der Waals surface area contributed by atoms with E-state index in [1.165, 1.54) is 14.7 Å². The first kappa shape index (κ1) is 15.6. The lowest BCUT2D eigenvalue weighted by molar-refractivity contribution is 0.481. The molecule has 1 aromatic heterocycles. The lowest BCUT2D eigenvalue weighted by Gasteiger charge is -2.19. The van der Waals surface area contributed by atoms with Gasteiger partial charge in [-0.2, -0.15) is 0 Å². The van der Waals surface area contributed by atoms with Crippen molar-refractivity contribution in [2.75, 3.05) is 6.54 Å². The molecule has 3 heteroatoms. The largest absolute Gasteiger partial charge is 0.469 e. The second-order valence-electron chi connectivity index (χ2n) is 4.99. The highest BCUT2D eigenvalue weighted by molar-refractivity contribution is 14.1. The summed E-state index contributed by atoms with van der Waals surface area (Å²) in [6.45, 7) is 5.37. The third kappa shape index (κ3) is 4.09. The van der Waals surface area contributed by atoms with Crippen LogP contribution in [0.4, 0.5) is 0 Å². The monoisotopic (exact) mass is 383 g/mol. The second-order valence-corrected chi connectivity index (χ2v) is 6.24. The van der Waals surface area contributed by atoms with Gasteiger partial charge in [-0.15, -0.1) is 0 Å². The average Bonchev–Trinajstić information content (AvgIpc) is 2.94. The van der Waals surface area contributed by atoms with Crippen LogP contribution in [0.1, 0.15) is 43.2 Å². The van der Waals surface area contributed by atoms with Crippen LogP contribution in [-0.2, 0) is 12.8 Å². The molecule has 0 amide bonds. The van der Waals surface area contributed by atoms with E-state index in [-0.39, 0.29) is 0 Å². The number of rotatable bonds is 7. The van der Waals surface area contributed by atoms with Gasteiger partial charge in [0.2, 0.25) is 0 Å². The van der Waals surface area contributed by atoms with Crippen LogP contribution in [0.2, 0.25) is 0 Å². The molecule has 0 radical (unpaired) electrons. The molecule has 1 atom stereocenters. The highest BCUT2D eigenvalue weighted by Crippen LogP contribution is 2.24. The fourth-order valence-electron chi connectivity index (χ4n) is 2.42. The van der Waals surface area contributed by atoms with Crippen molar-refractivity contribution >= 4 is 22.6 Å². The third-order valence-electron chi connectivity index (χ3n) is 3.47. The molecular formula is C17H22INO. The molecule has 0 fully saturated rings. The molecular weight excluding hydrogens is 361 g/mol. The molecule has 0 aliphatic heterocycles. The summed E-state index contributed by atoms with van der Waals surface area (Å²) in [7, 11) is 0. The third-order valence-corrected chi connectivity index (χ3v) is 4.19. The van der Waals surface area contributed by atoms with E-state index in [1.54, 1.807) is 0 Å². The van der Waals surface area contributed by atoms with Crippen LogP contribution >= 0.6 is 22.6 Å². The summed E-state index contributed by atoms with van der Waals surface area (Å²) in [6.07, 6.45) is 4.90. The maximum Gasteiger partial charge on any atom is 0.108 e. The Hall–Kier alpha value is -0.810. The lowest BCUT2D eigenvalue weighted by atomic mass is 9.98. The number of nitrogens with one attached hydrogen (secondary N) is 1. The number of hydrogen-bond donors (Lipinski definition) is 1. The summed E-state index contributed by atoms with van der Waals surface area (Å²) in [5.41, 5.74) is 2.67. The molecule has 0 aliphatic carbocycles. The van der Waals surface area contributed by atoms with E-state index >= 15 is 0 Å². The number of hydrogen-bond acceptors (Lipinski definition) is 2. The Bertz CT molecular complexity index is 518. The zero-order chi connectivity index (χ0) is 14.4. The van der Waals surface area contributed by atoms with E-state index in [1.807, 2.05) is 6.26 Å². The number of benzene rings is 1. The number of aryl methyl sites for hydroxylation is 1. The summed E-state index contributed by atoms with van der Waals surface area (Å²) < 4.78 is 6.87. The van der Waals surface area contributed by atoms with Crippen LogP contribution in [0, 0.1) is 3.57 Å². The topological polar surface area (TPSA) is 25.2 Å². The Morgan fingerprint density at radius 2 is 1.90 bits per heavy atom. The van der Waals surface area contributed by atoms with Crippen molar-refractivity contribution in [3.8, 4) is 0 Å². The zero-order valence-corrected chi connectivity index (χ0v) is 14.3. The molecule has 2 rings (SSSR count). The van der Waals surface area contributed by atoms with Crippen molar-refractivity contribution in [1.82, 2.24) is 5.32 Å². The second kappa shape index (κ2) is 7.84. The van der Waals surface area contributed by atoms with Crippen molar-refractivity contribution in [2.24, 2.45) is 0 Å². The van der Waals surface area contributed by atoms with Crippen LogP contribution in [0.15, 0.2) is 41.0 Å². The summed E-state index contributed by atoms with van der Waals surface area (Å²) >= 11 is 2.34. The minimum Gasteiger partial charge on any atom is -0.469 e. The molecule has 0 bridgehead atoms. The van der Waals surface area contributed by atoms with Gasteiger partial charge in [-0.3, -0.25) is 0 Å². The van der Waals surface area contributed by atoms with E-state index < -0.39 is 0 Å². The van der Waals surface area contributed by atoms with Crippen LogP contribution in [-0.4, -0.2) is 6.54 Å². The van der Waals surface area contributed by atoms with Crippen LogP contribution < -0.4 is 5.32 Å². The van der Waals surface area contributed by atoms with E-state index in [0.29, 0.717) is 6.04 Å². The van der Waals surface area contributed by atoms with E-state index in [9.17, 15) is 0 Å². The average molecular weight is 383 g/mol. The Morgan fingerprint density at radius 1 is 1.15 bits per heavy atom. The van der Waals surface area contributed by atoms with Crippen LogP contribution in [0.3, 0.4) is 0 Å². The van der Waals surface area contributed by atoms with Crippen LogP contribution in [0.25, 0.3) is 0 Å². The first-order valence-corrected chi connectivity index (χ1v) is 8.36. The smallest absolute Gasteiger partial charge is 0.108 e. The van der Waals surface area contributed by atoms with Gasteiger partial charge in [0.15, 0.2) is 0 Å². The van der Waals surface area contributed by atoms with Gasteiger partial charge in [-0.05, 0) is 65.7 Å². The highest BCUT2D eigenvalue weighted by Gasteiger charge is 2.16. The van der Waals surface area contributed by atoms with E-state index in [2.05, 4.69) is 72.1 Å². The fourth-order valence-corrected chi connectivity index (χ4v) is 2.77. The van der Waals surface area contributed by atoms with Gasteiger partial charge in [-0.1, -0.05) is 26.0 Å². The maximum atomic E-state index is 5.59. The van der Waals surface area contributed by atoms with Crippen molar-refractivity contribution < 1.29 is 4.42 Å². The molecule has 2 nitrogen and oxygen atoms in total. The minimum atomic E-state index is 0.337. The standard InChI is InChI=1S/C17H22INO/c1-3-10-19-16(15-9-11-20-17(15)4-2)12-13-5-7-14(18)8-6-13/h5-9,11,16,19H,3-4,10,12H2,1-2H3. The molecule has 108 valence electrons. The van der Waals surface area contributed by atoms with Gasteiger partial charge in [0.1, 0.15) is 5.76 Å². The Kier molecular flexibility index (Phi) is 6.10. The Labute approximate surface area is 135 Å². The van der Waals surface area contributed by atoms with Crippen molar-refractivity contribution in [3.63, 3.8) is 0 Å². The van der Waals surface area contributed by atoms with Gasteiger partial charge < -0.3 is 9.73 Å². The normalized spacial score (nSPS) is 12.6. The maximum absolute atomic E-state index is 5.59. The van der Waals surface area contributed by atoms with Gasteiger partial charge >= 0.3 is 0 Å². The minimum absolute atomic E-state index is 0.337. The molecule has 1 aromatic carbocycles. The quantitative estimate of drug-likeness (QED) is 0.700. The molecule has 1 heterocycles. The summed E-state index contributed by atoms with van der Waals surface area (Å²) in [5, 5.41) is 3.65. The van der Waals surface area contributed by atoms with Crippen LogP contribution in [0.5, 0.6) is 0 Å². The van der Waals surface area contributed by atoms with E-state index in [0.717, 1.165) is 31.6 Å². The summed E-state index contributed by atoms with van der Waals surface area (Å²) in [5.74, 6) is 1.10. The number of halogens is 1. The van der Waals surface area contributed by atoms with Crippen molar-refractivity contribution in [3.05, 3.63) is 57.1 Å². The van der Waals surface area contributed by atoms with Gasteiger partial charge in [0.05, 0.1) is 6.26 Å². The predicted molar refractivity (Wildman–Crippen MR) is 92.0 cm³/mol. The lowest BCUT2D eigenvalue weighted by Crippen LogP contribution is -2.24. The number of furan rings is 1. The fraction of sp³-hybridized carbons (Fsp3) is 0.412. The Morgan fingerprint density at radius 3 is 2.55 bits per heavy atom. The summed E-state index contributed by atoms with van der Waals surface area (Å²) in [4.78, 5) is 0. The van der Waals surface area contributed by atoms with Gasteiger partial charge in [-0.25, -0.2) is 0 Å². The molecule has 2 aromatic rings. The predicted octanol–water partition coefficient (Wildman–Crippen LogP) is 4.73. The molecule has 1 unspecified atom stereocenters. The van der Waals surface area contributed by atoms with Gasteiger partial charge in [0.25, 0.3) is 0 Å². The molecule has 0 saturated carbocycles. The molecule has 0 spiro atoms. The summed E-state index contributed by atoms with van der Waals surface area (Å²) in [6, 6.07) is 11.2. The SMILES string of the molecule is CCCNC(Cc1ccc(I)cc1)c1ccoc1CC.